The van der Waals surface area contributed by atoms with Gasteiger partial charge in [0.05, 0.1) is 6.61 Å². The second-order valence-electron chi connectivity index (χ2n) is 4.09. The van der Waals surface area contributed by atoms with Crippen LogP contribution in [0.4, 0.5) is 0 Å². The van der Waals surface area contributed by atoms with E-state index in [2.05, 4.69) is 11.4 Å². The van der Waals surface area contributed by atoms with Crippen molar-refractivity contribution in [3.05, 3.63) is 0 Å². The molecule has 8 heteroatoms. The van der Waals surface area contributed by atoms with Gasteiger partial charge in [-0.2, -0.15) is 0 Å². The Hall–Kier alpha value is -0.300. The van der Waals surface area contributed by atoms with Crippen LogP contribution in [0.5, 0.6) is 0 Å². The van der Waals surface area contributed by atoms with E-state index in [1.807, 2.05) is 10.8 Å². The van der Waals surface area contributed by atoms with Gasteiger partial charge in [-0.15, -0.1) is 0 Å². The van der Waals surface area contributed by atoms with Gasteiger partial charge < -0.3 is 20.3 Å². The molecule has 0 saturated carbocycles. The van der Waals surface area contributed by atoms with Crippen molar-refractivity contribution in [1.29, 1.82) is 0 Å². The van der Waals surface area contributed by atoms with Crippen LogP contribution in [0.25, 0.3) is 0 Å². The summed E-state index contributed by atoms with van der Waals surface area (Å²) >= 11 is 0. The molecule has 0 radical (unpaired) electrons. The molecular weight excluding hydrogens is 271 g/mol. The van der Waals surface area contributed by atoms with Crippen LogP contribution < -0.4 is 5.73 Å². The minimum atomic E-state index is -4.38. The molecule has 0 fully saturated rings. The zero-order chi connectivity index (χ0) is 14.6. The number of ether oxygens (including phenoxy) is 1. The van der Waals surface area contributed by atoms with Crippen molar-refractivity contribution in [1.82, 2.24) is 0 Å². The number of phosphoric ester groups is 1. The van der Waals surface area contributed by atoms with E-state index >= 15 is 0 Å². The lowest BCUT2D eigenvalue weighted by molar-refractivity contribution is -0.528. The molecule has 0 spiro atoms. The summed E-state index contributed by atoms with van der Waals surface area (Å²) in [6.07, 6.45) is 5.15. The largest absolute Gasteiger partial charge is 0.469 e. The molecule has 7 nitrogen and oxygen atoms in total. The summed E-state index contributed by atoms with van der Waals surface area (Å²) in [5.41, 5.74) is 5.32. The van der Waals surface area contributed by atoms with Crippen LogP contribution in [0, 0.1) is 0 Å². The van der Waals surface area contributed by atoms with Crippen LogP contribution in [-0.4, -0.2) is 60.0 Å². The summed E-state index contributed by atoms with van der Waals surface area (Å²) in [6, 6.07) is 0. The summed E-state index contributed by atoms with van der Waals surface area (Å²) in [4.78, 5) is 17.2. The van der Waals surface area contributed by atoms with E-state index in [1.165, 1.54) is 0 Å². The second-order valence-corrected chi connectivity index (χ2v) is 5.32. The van der Waals surface area contributed by atoms with Crippen LogP contribution >= 0.6 is 7.82 Å². The normalized spacial score (nSPS) is 12.9. The third-order valence-corrected chi connectivity index (χ3v) is 2.89. The first-order chi connectivity index (χ1) is 8.99. The first kappa shape index (κ1) is 18.7. The molecule has 4 N–H and O–H groups in total. The minimum absolute atomic E-state index is 0.0101. The van der Waals surface area contributed by atoms with Crippen molar-refractivity contribution in [3.8, 4) is 0 Å². The molecular formula is C11H26N2O5P+. The minimum Gasteiger partial charge on any atom is -0.374 e. The summed E-state index contributed by atoms with van der Waals surface area (Å²) in [5.74, 6) is 0. The molecule has 0 aromatic heterocycles. The monoisotopic (exact) mass is 297 g/mol. The predicted molar refractivity (Wildman–Crippen MR) is 73.5 cm³/mol. The third kappa shape index (κ3) is 13.9. The molecule has 114 valence electrons. The Morgan fingerprint density at radius 3 is 2.53 bits per heavy atom. The highest BCUT2D eigenvalue weighted by Crippen LogP contribution is 2.35. The van der Waals surface area contributed by atoms with Gasteiger partial charge in [-0.3, -0.25) is 4.52 Å². The molecule has 0 bridgehead atoms. The maximum atomic E-state index is 10.6. The Labute approximate surface area is 114 Å². The Kier molecular flexibility index (Phi) is 11.3. The van der Waals surface area contributed by atoms with Gasteiger partial charge in [0.25, 0.3) is 0 Å². The van der Waals surface area contributed by atoms with Crippen LogP contribution in [0.2, 0.25) is 0 Å². The Balaban J connectivity index is 4.03. The number of nitrogens with zero attached hydrogens (tertiary/aromatic N) is 1. The van der Waals surface area contributed by atoms with Crippen LogP contribution in [0.3, 0.4) is 0 Å². The number of rotatable bonds is 12. The van der Waals surface area contributed by atoms with E-state index < -0.39 is 7.82 Å². The van der Waals surface area contributed by atoms with Gasteiger partial charge in [-0.25, -0.2) is 9.14 Å². The second kappa shape index (κ2) is 11.5. The number of unbranched alkanes of at least 4 members (excludes halogenated alkanes) is 2. The first-order valence-electron chi connectivity index (χ1n) is 6.55. The van der Waals surface area contributed by atoms with Gasteiger partial charge >= 0.3 is 7.82 Å². The van der Waals surface area contributed by atoms with Crippen molar-refractivity contribution in [3.63, 3.8) is 0 Å². The third-order valence-electron chi connectivity index (χ3n) is 2.37. The van der Waals surface area contributed by atoms with Crippen LogP contribution in [0.1, 0.15) is 26.2 Å². The number of hydrogen-bond acceptors (Lipinski definition) is 4. The highest BCUT2D eigenvalue weighted by atomic mass is 31.2. The standard InChI is InChI=1S/C11H25N2O5P/c1-2-3-4-6-13(7-10-17-9-5-12)8-11-18-19(14,15)16/h6H,2-5,7-12H2,1H3,(H-,14,15,16)/p+1. The van der Waals surface area contributed by atoms with Gasteiger partial charge in [0.2, 0.25) is 0 Å². The first-order valence-corrected chi connectivity index (χ1v) is 8.08. The molecule has 0 aliphatic heterocycles. The molecule has 0 aromatic rings. The Morgan fingerprint density at radius 2 is 1.95 bits per heavy atom. The molecule has 0 aromatic carbocycles. The smallest absolute Gasteiger partial charge is 0.374 e. The lowest BCUT2D eigenvalue weighted by Crippen LogP contribution is -2.24. The maximum Gasteiger partial charge on any atom is 0.469 e. The van der Waals surface area contributed by atoms with E-state index in [9.17, 15) is 4.57 Å². The molecule has 0 rings (SSSR count). The highest BCUT2D eigenvalue weighted by Gasteiger charge is 2.15. The molecule has 0 unspecified atom stereocenters. The average Bonchev–Trinajstić information content (AvgIpc) is 2.32. The average molecular weight is 297 g/mol. The Bertz CT molecular complexity index is 293. The van der Waals surface area contributed by atoms with E-state index in [0.29, 0.717) is 32.8 Å². The van der Waals surface area contributed by atoms with Crippen molar-refractivity contribution >= 4 is 14.0 Å². The SMILES string of the molecule is CCCCC=[N+](CCOCCN)CCOP(=O)(O)O. The van der Waals surface area contributed by atoms with Crippen molar-refractivity contribution in [2.75, 3.05) is 39.5 Å². The number of hydrogen-bond donors (Lipinski definition) is 3. The molecule has 19 heavy (non-hydrogen) atoms. The molecule has 0 aliphatic carbocycles. The van der Waals surface area contributed by atoms with E-state index in [-0.39, 0.29) is 6.61 Å². The summed E-state index contributed by atoms with van der Waals surface area (Å²) in [7, 11) is -4.38. The van der Waals surface area contributed by atoms with Crippen LogP contribution in [0.15, 0.2) is 0 Å². The van der Waals surface area contributed by atoms with Gasteiger partial charge in [0.1, 0.15) is 19.4 Å². The van der Waals surface area contributed by atoms with Gasteiger partial charge in [-0.05, 0) is 6.42 Å². The van der Waals surface area contributed by atoms with Gasteiger partial charge in [-0.1, -0.05) is 13.3 Å². The van der Waals surface area contributed by atoms with Gasteiger partial charge in [0, 0.05) is 13.0 Å². The number of nitrogens with two attached hydrogens (primary N) is 1. The summed E-state index contributed by atoms with van der Waals surface area (Å²) < 4.78 is 22.3. The zero-order valence-corrected chi connectivity index (χ0v) is 12.4. The fourth-order valence-corrected chi connectivity index (χ4v) is 1.74. The van der Waals surface area contributed by atoms with Crippen molar-refractivity contribution < 1.29 is 28.2 Å². The topological polar surface area (TPSA) is 105 Å². The lowest BCUT2D eigenvalue weighted by atomic mass is 10.3. The predicted octanol–water partition coefficient (Wildman–Crippen LogP) is 0.345. The zero-order valence-electron chi connectivity index (χ0n) is 11.5. The van der Waals surface area contributed by atoms with E-state index in [0.717, 1.165) is 19.3 Å². The van der Waals surface area contributed by atoms with Crippen LogP contribution in [-0.2, 0) is 13.8 Å². The summed E-state index contributed by atoms with van der Waals surface area (Å²) in [5, 5.41) is 0. The maximum absolute atomic E-state index is 10.6. The van der Waals surface area contributed by atoms with Gasteiger partial charge in [0.15, 0.2) is 13.1 Å². The highest BCUT2D eigenvalue weighted by molar-refractivity contribution is 7.46. The lowest BCUT2D eigenvalue weighted by Gasteiger charge is -2.07. The van der Waals surface area contributed by atoms with E-state index in [1.54, 1.807) is 0 Å². The van der Waals surface area contributed by atoms with E-state index in [4.69, 9.17) is 20.3 Å². The fourth-order valence-electron chi connectivity index (χ4n) is 1.42. The Morgan fingerprint density at radius 1 is 1.26 bits per heavy atom. The molecule has 0 heterocycles. The van der Waals surface area contributed by atoms with Crippen molar-refractivity contribution in [2.45, 2.75) is 26.2 Å². The summed E-state index contributed by atoms with van der Waals surface area (Å²) in [6.45, 7) is 4.73. The molecule has 0 aliphatic rings. The fraction of sp³-hybridized carbons (Fsp3) is 0.909. The molecule has 0 atom stereocenters. The quantitative estimate of drug-likeness (QED) is 0.208. The van der Waals surface area contributed by atoms with Crippen molar-refractivity contribution in [2.24, 2.45) is 5.73 Å². The number of phosphoric acid groups is 1. The molecule has 0 amide bonds. The molecule has 0 saturated heterocycles.